The average Bonchev–Trinajstić information content (AvgIpc) is 2.34. The summed E-state index contributed by atoms with van der Waals surface area (Å²) < 4.78 is 18.7. The number of benzene rings is 1. The minimum Gasteiger partial charge on any atom is -0.439 e. The maximum atomic E-state index is 13.1. The van der Waals surface area contributed by atoms with Crippen LogP contribution in [0.2, 0.25) is 0 Å². The molecular weight excluding hydrogens is 231 g/mol. The molecular formula is C14H15FN2O. The van der Waals surface area contributed by atoms with Gasteiger partial charge in [-0.2, -0.15) is 0 Å². The number of hydrogen-bond acceptors (Lipinski definition) is 3. The highest BCUT2D eigenvalue weighted by Crippen LogP contribution is 2.23. The number of nitrogens with two attached hydrogens (primary N) is 1. The molecule has 0 spiro atoms. The molecule has 0 aliphatic heterocycles. The average molecular weight is 246 g/mol. The Bertz CT molecular complexity index is 555. The second kappa shape index (κ2) is 5.14. The lowest BCUT2D eigenvalue weighted by molar-refractivity contribution is 0.459. The zero-order valence-electron chi connectivity index (χ0n) is 10.4. The van der Waals surface area contributed by atoms with E-state index in [4.69, 9.17) is 10.5 Å². The van der Waals surface area contributed by atoms with E-state index in [-0.39, 0.29) is 11.9 Å². The Morgan fingerprint density at radius 3 is 2.72 bits per heavy atom. The number of rotatable bonds is 3. The van der Waals surface area contributed by atoms with Gasteiger partial charge in [-0.25, -0.2) is 9.37 Å². The summed E-state index contributed by atoms with van der Waals surface area (Å²) in [5, 5.41) is 0. The van der Waals surface area contributed by atoms with Gasteiger partial charge in [0.15, 0.2) is 0 Å². The monoisotopic (exact) mass is 246 g/mol. The highest BCUT2D eigenvalue weighted by atomic mass is 19.1. The first-order chi connectivity index (χ1) is 8.56. The predicted octanol–water partition coefficient (Wildman–Crippen LogP) is 3.34. The van der Waals surface area contributed by atoms with Crippen molar-refractivity contribution in [3.05, 3.63) is 53.5 Å². The van der Waals surface area contributed by atoms with Gasteiger partial charge in [-0.1, -0.05) is 0 Å². The first-order valence-electron chi connectivity index (χ1n) is 5.72. The zero-order valence-corrected chi connectivity index (χ0v) is 10.4. The van der Waals surface area contributed by atoms with Gasteiger partial charge in [-0.05, 0) is 49.2 Å². The van der Waals surface area contributed by atoms with E-state index in [1.165, 1.54) is 6.07 Å². The molecule has 1 atom stereocenters. The third-order valence-electron chi connectivity index (χ3n) is 2.64. The van der Waals surface area contributed by atoms with Crippen LogP contribution in [0.3, 0.4) is 0 Å². The summed E-state index contributed by atoms with van der Waals surface area (Å²) in [6.45, 7) is 3.58. The number of pyridine rings is 1. The standard InChI is InChI=1S/C14H15FN2O/c1-9-7-12(3-4-13(9)15)18-14-8-11(10(2)16)5-6-17-14/h3-8,10H,16H2,1-2H3/t10-/m0/s1. The Morgan fingerprint density at radius 1 is 1.28 bits per heavy atom. The van der Waals surface area contributed by atoms with Crippen LogP contribution in [0.5, 0.6) is 11.6 Å². The summed E-state index contributed by atoms with van der Waals surface area (Å²) in [6.07, 6.45) is 1.64. The van der Waals surface area contributed by atoms with Crippen LogP contribution in [-0.2, 0) is 0 Å². The SMILES string of the molecule is Cc1cc(Oc2cc([C@H](C)N)ccn2)ccc1F. The summed E-state index contributed by atoms with van der Waals surface area (Å²) in [4.78, 5) is 4.10. The van der Waals surface area contributed by atoms with Gasteiger partial charge < -0.3 is 10.5 Å². The Labute approximate surface area is 105 Å². The van der Waals surface area contributed by atoms with Gasteiger partial charge in [0, 0.05) is 18.3 Å². The van der Waals surface area contributed by atoms with Crippen molar-refractivity contribution in [2.45, 2.75) is 19.9 Å². The van der Waals surface area contributed by atoms with Crippen molar-refractivity contribution in [2.24, 2.45) is 5.73 Å². The number of halogens is 1. The molecule has 94 valence electrons. The van der Waals surface area contributed by atoms with Gasteiger partial charge in [-0.15, -0.1) is 0 Å². The molecule has 0 aliphatic rings. The molecule has 2 aromatic rings. The van der Waals surface area contributed by atoms with E-state index in [0.29, 0.717) is 17.2 Å². The normalized spacial score (nSPS) is 12.2. The van der Waals surface area contributed by atoms with E-state index in [1.807, 2.05) is 13.0 Å². The van der Waals surface area contributed by atoms with Gasteiger partial charge in [0.05, 0.1) is 0 Å². The molecule has 1 aromatic heterocycles. The van der Waals surface area contributed by atoms with Crippen LogP contribution >= 0.6 is 0 Å². The number of ether oxygens (including phenoxy) is 1. The molecule has 2 N–H and O–H groups in total. The predicted molar refractivity (Wildman–Crippen MR) is 68.1 cm³/mol. The molecule has 0 saturated carbocycles. The highest BCUT2D eigenvalue weighted by molar-refractivity contribution is 5.33. The van der Waals surface area contributed by atoms with Gasteiger partial charge in [0.1, 0.15) is 11.6 Å². The molecule has 0 fully saturated rings. The van der Waals surface area contributed by atoms with Crippen LogP contribution in [0.25, 0.3) is 0 Å². The molecule has 1 aromatic carbocycles. The molecule has 1 heterocycles. The lowest BCUT2D eigenvalue weighted by Gasteiger charge is -2.09. The lowest BCUT2D eigenvalue weighted by atomic mass is 10.1. The smallest absolute Gasteiger partial charge is 0.219 e. The van der Waals surface area contributed by atoms with E-state index in [9.17, 15) is 4.39 Å². The molecule has 0 bridgehead atoms. The molecule has 0 radical (unpaired) electrons. The van der Waals surface area contributed by atoms with E-state index in [2.05, 4.69) is 4.98 Å². The van der Waals surface area contributed by atoms with Crippen LogP contribution in [0.4, 0.5) is 4.39 Å². The summed E-state index contributed by atoms with van der Waals surface area (Å²) in [5.41, 5.74) is 7.27. The Balaban J connectivity index is 2.23. The van der Waals surface area contributed by atoms with Crippen molar-refractivity contribution in [2.75, 3.05) is 0 Å². The van der Waals surface area contributed by atoms with Crippen LogP contribution in [0.1, 0.15) is 24.1 Å². The van der Waals surface area contributed by atoms with Crippen LogP contribution in [0, 0.1) is 12.7 Å². The van der Waals surface area contributed by atoms with Gasteiger partial charge in [0.25, 0.3) is 0 Å². The number of aromatic nitrogens is 1. The van der Waals surface area contributed by atoms with Crippen molar-refractivity contribution in [1.82, 2.24) is 4.98 Å². The second-order valence-corrected chi connectivity index (χ2v) is 4.23. The summed E-state index contributed by atoms with van der Waals surface area (Å²) in [6, 6.07) is 8.12. The molecule has 4 heteroatoms. The quantitative estimate of drug-likeness (QED) is 0.903. The van der Waals surface area contributed by atoms with E-state index >= 15 is 0 Å². The fourth-order valence-electron chi connectivity index (χ4n) is 1.57. The van der Waals surface area contributed by atoms with Gasteiger partial charge in [0.2, 0.25) is 5.88 Å². The lowest BCUT2D eigenvalue weighted by Crippen LogP contribution is -2.05. The summed E-state index contributed by atoms with van der Waals surface area (Å²) in [5.74, 6) is 0.763. The molecule has 0 aliphatic carbocycles. The molecule has 18 heavy (non-hydrogen) atoms. The highest BCUT2D eigenvalue weighted by Gasteiger charge is 2.05. The van der Waals surface area contributed by atoms with Crippen LogP contribution in [0.15, 0.2) is 36.5 Å². The molecule has 2 rings (SSSR count). The Morgan fingerprint density at radius 2 is 2.06 bits per heavy atom. The fraction of sp³-hybridized carbons (Fsp3) is 0.214. The van der Waals surface area contributed by atoms with E-state index in [0.717, 1.165) is 5.56 Å². The summed E-state index contributed by atoms with van der Waals surface area (Å²) in [7, 11) is 0. The molecule has 0 amide bonds. The zero-order chi connectivity index (χ0) is 13.1. The number of aryl methyl sites for hydroxylation is 1. The summed E-state index contributed by atoms with van der Waals surface area (Å²) >= 11 is 0. The second-order valence-electron chi connectivity index (χ2n) is 4.23. The van der Waals surface area contributed by atoms with Crippen molar-refractivity contribution < 1.29 is 9.13 Å². The van der Waals surface area contributed by atoms with Crippen molar-refractivity contribution >= 4 is 0 Å². The molecule has 0 saturated heterocycles. The number of nitrogens with zero attached hydrogens (tertiary/aromatic N) is 1. The Hall–Kier alpha value is -1.94. The number of hydrogen-bond donors (Lipinski definition) is 1. The van der Waals surface area contributed by atoms with E-state index in [1.54, 1.807) is 31.3 Å². The fourth-order valence-corrected chi connectivity index (χ4v) is 1.57. The molecule has 0 unspecified atom stereocenters. The minimum atomic E-state index is -0.250. The first-order valence-corrected chi connectivity index (χ1v) is 5.72. The van der Waals surface area contributed by atoms with E-state index < -0.39 is 0 Å². The first kappa shape index (κ1) is 12.5. The van der Waals surface area contributed by atoms with Crippen LogP contribution in [-0.4, -0.2) is 4.98 Å². The minimum absolute atomic E-state index is 0.0784. The van der Waals surface area contributed by atoms with Gasteiger partial charge >= 0.3 is 0 Å². The molecule has 3 nitrogen and oxygen atoms in total. The topological polar surface area (TPSA) is 48.1 Å². The van der Waals surface area contributed by atoms with Crippen molar-refractivity contribution in [3.63, 3.8) is 0 Å². The van der Waals surface area contributed by atoms with Gasteiger partial charge in [-0.3, -0.25) is 0 Å². The Kier molecular flexibility index (Phi) is 3.58. The van der Waals surface area contributed by atoms with Crippen molar-refractivity contribution in [3.8, 4) is 11.6 Å². The van der Waals surface area contributed by atoms with Crippen LogP contribution < -0.4 is 10.5 Å². The third kappa shape index (κ3) is 2.84. The third-order valence-corrected chi connectivity index (χ3v) is 2.64. The van der Waals surface area contributed by atoms with Crippen molar-refractivity contribution in [1.29, 1.82) is 0 Å². The maximum Gasteiger partial charge on any atom is 0.219 e. The largest absolute Gasteiger partial charge is 0.439 e. The maximum absolute atomic E-state index is 13.1.